The Balaban J connectivity index is 2.40. The third kappa shape index (κ3) is 3.98. The van der Waals surface area contributed by atoms with E-state index in [1.807, 2.05) is 0 Å². The molecule has 8 heteroatoms. The van der Waals surface area contributed by atoms with E-state index < -0.39 is 10.0 Å². The third-order valence-electron chi connectivity index (χ3n) is 2.64. The number of hydrogen-bond acceptors (Lipinski definition) is 3. The highest BCUT2D eigenvalue weighted by Crippen LogP contribution is 2.29. The van der Waals surface area contributed by atoms with Crippen molar-refractivity contribution in [3.63, 3.8) is 0 Å². The number of anilines is 1. The van der Waals surface area contributed by atoms with Crippen LogP contribution in [0.25, 0.3) is 0 Å². The van der Waals surface area contributed by atoms with Gasteiger partial charge in [-0.3, -0.25) is 4.72 Å². The molecule has 0 aromatic heterocycles. The number of benzene rings is 2. The first-order valence-corrected chi connectivity index (χ1v) is 9.15. The summed E-state index contributed by atoms with van der Waals surface area (Å²) in [7, 11) is -3.78. The molecule has 0 radical (unpaired) electrons. The van der Waals surface area contributed by atoms with Gasteiger partial charge in [0.15, 0.2) is 0 Å². The summed E-state index contributed by atoms with van der Waals surface area (Å²) >= 11 is 12.3. The van der Waals surface area contributed by atoms with Crippen LogP contribution in [0.3, 0.4) is 0 Å². The highest BCUT2D eigenvalue weighted by Gasteiger charge is 2.18. The molecule has 112 valence electrons. The summed E-state index contributed by atoms with van der Waals surface area (Å²) in [5.41, 5.74) is 0.892. The predicted octanol–water partition coefficient (Wildman–Crippen LogP) is 4.16. The SMILES string of the molecule is O=S(=O)(Nc1ccc(Cl)c(Br)c1)c1cc(CO)ccc1Br. The van der Waals surface area contributed by atoms with Crippen LogP contribution in [0.15, 0.2) is 50.2 Å². The normalized spacial score (nSPS) is 11.4. The van der Waals surface area contributed by atoms with Gasteiger partial charge in [0.2, 0.25) is 0 Å². The molecular formula is C13H10Br2ClNO3S. The Morgan fingerprint density at radius 1 is 1.10 bits per heavy atom. The lowest BCUT2D eigenvalue weighted by atomic mass is 10.2. The molecule has 2 rings (SSSR count). The molecule has 0 atom stereocenters. The van der Waals surface area contributed by atoms with E-state index in [0.717, 1.165) is 0 Å². The van der Waals surface area contributed by atoms with Gasteiger partial charge in [-0.1, -0.05) is 17.7 Å². The number of aliphatic hydroxyl groups excluding tert-OH is 1. The van der Waals surface area contributed by atoms with Crippen molar-refractivity contribution in [3.8, 4) is 0 Å². The van der Waals surface area contributed by atoms with Crippen molar-refractivity contribution in [2.75, 3.05) is 4.72 Å². The lowest BCUT2D eigenvalue weighted by Crippen LogP contribution is -2.14. The van der Waals surface area contributed by atoms with Crippen molar-refractivity contribution in [1.82, 2.24) is 0 Å². The van der Waals surface area contributed by atoms with Crippen LogP contribution in [0.4, 0.5) is 5.69 Å². The molecule has 0 heterocycles. The number of nitrogens with one attached hydrogen (secondary N) is 1. The average Bonchev–Trinajstić information content (AvgIpc) is 2.43. The minimum absolute atomic E-state index is 0.0557. The number of rotatable bonds is 4. The summed E-state index contributed by atoms with van der Waals surface area (Å²) in [5, 5.41) is 9.61. The van der Waals surface area contributed by atoms with E-state index in [2.05, 4.69) is 36.6 Å². The Morgan fingerprint density at radius 2 is 1.81 bits per heavy atom. The van der Waals surface area contributed by atoms with Crippen LogP contribution in [0.5, 0.6) is 0 Å². The lowest BCUT2D eigenvalue weighted by molar-refractivity contribution is 0.281. The minimum Gasteiger partial charge on any atom is -0.392 e. The number of aliphatic hydroxyl groups is 1. The molecular weight excluding hydrogens is 445 g/mol. The maximum absolute atomic E-state index is 12.4. The van der Waals surface area contributed by atoms with E-state index in [1.54, 1.807) is 30.3 Å². The monoisotopic (exact) mass is 453 g/mol. The first-order chi connectivity index (χ1) is 9.83. The van der Waals surface area contributed by atoms with Crippen molar-refractivity contribution in [3.05, 3.63) is 55.9 Å². The highest BCUT2D eigenvalue weighted by atomic mass is 79.9. The number of sulfonamides is 1. The van der Waals surface area contributed by atoms with Gasteiger partial charge in [-0.25, -0.2) is 8.42 Å². The fourth-order valence-corrected chi connectivity index (χ4v) is 4.18. The van der Waals surface area contributed by atoms with Crippen LogP contribution in [-0.4, -0.2) is 13.5 Å². The van der Waals surface area contributed by atoms with Crippen molar-refractivity contribution in [1.29, 1.82) is 0 Å². The van der Waals surface area contributed by atoms with Crippen LogP contribution in [0.1, 0.15) is 5.56 Å². The van der Waals surface area contributed by atoms with E-state index in [-0.39, 0.29) is 11.5 Å². The third-order valence-corrected chi connectivity index (χ3v) is 6.23. The molecule has 21 heavy (non-hydrogen) atoms. The molecule has 0 fully saturated rings. The molecule has 2 aromatic rings. The Morgan fingerprint density at radius 3 is 2.43 bits per heavy atom. The fraction of sp³-hybridized carbons (Fsp3) is 0.0769. The summed E-state index contributed by atoms with van der Waals surface area (Å²) in [5.74, 6) is 0. The van der Waals surface area contributed by atoms with Gasteiger partial charge in [-0.15, -0.1) is 0 Å². The van der Waals surface area contributed by atoms with Crippen LogP contribution in [0.2, 0.25) is 5.02 Å². The Bertz CT molecular complexity index is 781. The largest absolute Gasteiger partial charge is 0.392 e. The van der Waals surface area contributed by atoms with Crippen LogP contribution < -0.4 is 4.72 Å². The van der Waals surface area contributed by atoms with Crippen LogP contribution >= 0.6 is 43.5 Å². The van der Waals surface area contributed by atoms with E-state index in [4.69, 9.17) is 16.7 Å². The molecule has 0 spiro atoms. The minimum atomic E-state index is -3.78. The summed E-state index contributed by atoms with van der Waals surface area (Å²) in [6.07, 6.45) is 0. The Hall–Kier alpha value is -0.600. The summed E-state index contributed by atoms with van der Waals surface area (Å²) < 4.78 is 28.3. The zero-order chi connectivity index (χ0) is 15.6. The molecule has 0 saturated carbocycles. The average molecular weight is 456 g/mol. The molecule has 0 bridgehead atoms. The smallest absolute Gasteiger partial charge is 0.263 e. The van der Waals surface area contributed by atoms with Crippen LogP contribution in [-0.2, 0) is 16.6 Å². The second-order valence-electron chi connectivity index (χ2n) is 4.16. The molecule has 0 aliphatic rings. The number of halogens is 3. The summed E-state index contributed by atoms with van der Waals surface area (Å²) in [6.45, 7) is -0.234. The molecule has 2 aromatic carbocycles. The summed E-state index contributed by atoms with van der Waals surface area (Å²) in [6, 6.07) is 9.36. The maximum atomic E-state index is 12.4. The molecule has 4 nitrogen and oxygen atoms in total. The van der Waals surface area contributed by atoms with E-state index in [0.29, 0.717) is 25.2 Å². The van der Waals surface area contributed by atoms with Crippen molar-refractivity contribution in [2.24, 2.45) is 0 Å². The van der Waals surface area contributed by atoms with Crippen molar-refractivity contribution in [2.45, 2.75) is 11.5 Å². The van der Waals surface area contributed by atoms with Gasteiger partial charge in [0.1, 0.15) is 4.90 Å². The fourth-order valence-electron chi connectivity index (χ4n) is 1.62. The predicted molar refractivity (Wildman–Crippen MR) is 90.0 cm³/mol. The Kier molecular flexibility index (Phi) is 5.32. The van der Waals surface area contributed by atoms with E-state index in [1.165, 1.54) is 6.07 Å². The van der Waals surface area contributed by atoms with Gasteiger partial charge in [-0.05, 0) is 67.8 Å². The molecule has 2 N–H and O–H groups in total. The standard InChI is InChI=1S/C13H10Br2ClNO3S/c14-10-3-1-8(7-18)5-13(10)21(19,20)17-9-2-4-12(16)11(15)6-9/h1-6,17-18H,7H2. The second-order valence-corrected chi connectivity index (χ2v) is 7.92. The molecule has 0 aliphatic heterocycles. The maximum Gasteiger partial charge on any atom is 0.263 e. The lowest BCUT2D eigenvalue weighted by Gasteiger charge is -2.11. The van der Waals surface area contributed by atoms with Gasteiger partial charge >= 0.3 is 0 Å². The van der Waals surface area contributed by atoms with E-state index in [9.17, 15) is 8.42 Å². The number of hydrogen-bond donors (Lipinski definition) is 2. The van der Waals surface area contributed by atoms with E-state index >= 15 is 0 Å². The molecule has 0 unspecified atom stereocenters. The first kappa shape index (κ1) is 16.8. The zero-order valence-corrected chi connectivity index (χ0v) is 15.2. The molecule has 0 amide bonds. The Labute approximate surface area is 144 Å². The van der Waals surface area contributed by atoms with Crippen LogP contribution in [0, 0.1) is 0 Å². The van der Waals surface area contributed by atoms with Crippen molar-refractivity contribution < 1.29 is 13.5 Å². The van der Waals surface area contributed by atoms with Gasteiger partial charge < -0.3 is 5.11 Å². The second kappa shape index (κ2) is 6.66. The molecule has 0 saturated heterocycles. The zero-order valence-electron chi connectivity index (χ0n) is 10.5. The highest BCUT2D eigenvalue weighted by molar-refractivity contribution is 9.10. The van der Waals surface area contributed by atoms with Gasteiger partial charge in [0.25, 0.3) is 10.0 Å². The van der Waals surface area contributed by atoms with Crippen molar-refractivity contribution >= 4 is 59.2 Å². The molecule has 0 aliphatic carbocycles. The first-order valence-electron chi connectivity index (χ1n) is 5.70. The quantitative estimate of drug-likeness (QED) is 0.728. The topological polar surface area (TPSA) is 66.4 Å². The van der Waals surface area contributed by atoms with Gasteiger partial charge in [0, 0.05) is 8.95 Å². The summed E-state index contributed by atoms with van der Waals surface area (Å²) in [4.78, 5) is 0.0557. The van der Waals surface area contributed by atoms with Gasteiger partial charge in [-0.2, -0.15) is 0 Å². The van der Waals surface area contributed by atoms with Gasteiger partial charge in [0.05, 0.1) is 17.3 Å².